The first-order chi connectivity index (χ1) is 11.4. The van der Waals surface area contributed by atoms with Gasteiger partial charge in [0.25, 0.3) is 0 Å². The van der Waals surface area contributed by atoms with Crippen LogP contribution in [0.25, 0.3) is 0 Å². The van der Waals surface area contributed by atoms with E-state index in [2.05, 4.69) is 16.8 Å². The van der Waals surface area contributed by atoms with Crippen LogP contribution < -0.4 is 5.32 Å². The van der Waals surface area contributed by atoms with Gasteiger partial charge in [-0.1, -0.05) is 24.1 Å². The van der Waals surface area contributed by atoms with E-state index in [1.807, 2.05) is 6.08 Å². The summed E-state index contributed by atoms with van der Waals surface area (Å²) in [6, 6.07) is 3.90. The molecule has 1 aliphatic rings. The molecule has 134 valence electrons. The Morgan fingerprint density at radius 3 is 2.54 bits per heavy atom. The van der Waals surface area contributed by atoms with Crippen LogP contribution in [-0.4, -0.2) is 31.1 Å². The van der Waals surface area contributed by atoms with Crippen molar-refractivity contribution in [2.75, 3.05) is 26.2 Å². The van der Waals surface area contributed by atoms with Gasteiger partial charge in [-0.15, -0.1) is 6.58 Å². The highest BCUT2D eigenvalue weighted by Gasteiger charge is 2.32. The molecule has 1 aromatic carbocycles. The standard InChI is InChI=1S/C18H24ClF3N2/c1-2-3-4-5-6-17(24-9-7-23-8-10-24)14-11-15(18(20,21)22)13-16(19)12-14/h2,11-13,17,23H,1,3-10H2/t17-/m1/s1. The predicted octanol–water partition coefficient (Wildman–Crippen LogP) is 5.05. The van der Waals surface area contributed by atoms with Crippen molar-refractivity contribution in [3.8, 4) is 0 Å². The van der Waals surface area contributed by atoms with Crippen LogP contribution in [-0.2, 0) is 6.18 Å². The molecule has 0 aromatic heterocycles. The molecule has 1 heterocycles. The number of alkyl halides is 3. The summed E-state index contributed by atoms with van der Waals surface area (Å²) in [6.45, 7) is 7.10. The fourth-order valence-electron chi connectivity index (χ4n) is 3.15. The van der Waals surface area contributed by atoms with Gasteiger partial charge in [0.2, 0.25) is 0 Å². The first kappa shape index (κ1) is 19.3. The fraction of sp³-hybridized carbons (Fsp3) is 0.556. The minimum Gasteiger partial charge on any atom is -0.314 e. The highest BCUT2D eigenvalue weighted by molar-refractivity contribution is 6.30. The van der Waals surface area contributed by atoms with E-state index in [1.54, 1.807) is 6.07 Å². The number of halogens is 4. The number of benzene rings is 1. The summed E-state index contributed by atoms with van der Waals surface area (Å²) >= 11 is 5.98. The van der Waals surface area contributed by atoms with Crippen LogP contribution in [0.2, 0.25) is 5.02 Å². The van der Waals surface area contributed by atoms with Gasteiger partial charge < -0.3 is 5.32 Å². The molecule has 0 radical (unpaired) electrons. The number of allylic oxidation sites excluding steroid dienone is 1. The Bertz CT molecular complexity index is 540. The van der Waals surface area contributed by atoms with Crippen molar-refractivity contribution in [3.63, 3.8) is 0 Å². The van der Waals surface area contributed by atoms with Crippen LogP contribution in [0.1, 0.15) is 42.9 Å². The van der Waals surface area contributed by atoms with Gasteiger partial charge in [0.15, 0.2) is 0 Å². The van der Waals surface area contributed by atoms with E-state index in [4.69, 9.17) is 11.6 Å². The molecule has 0 unspecified atom stereocenters. The van der Waals surface area contributed by atoms with Crippen molar-refractivity contribution in [1.29, 1.82) is 0 Å². The van der Waals surface area contributed by atoms with Gasteiger partial charge in [-0.3, -0.25) is 4.90 Å². The second-order valence-corrected chi connectivity index (χ2v) is 6.58. The second kappa shape index (κ2) is 8.88. The Morgan fingerprint density at radius 2 is 1.92 bits per heavy atom. The van der Waals surface area contributed by atoms with Crippen LogP contribution in [0.3, 0.4) is 0 Å². The van der Waals surface area contributed by atoms with E-state index in [0.29, 0.717) is 5.56 Å². The number of piperazine rings is 1. The third kappa shape index (κ3) is 5.50. The van der Waals surface area contributed by atoms with Crippen molar-refractivity contribution in [3.05, 3.63) is 47.0 Å². The first-order valence-electron chi connectivity index (χ1n) is 8.35. The molecular weight excluding hydrogens is 337 g/mol. The summed E-state index contributed by atoms with van der Waals surface area (Å²) < 4.78 is 39.3. The molecular formula is C18H24ClF3N2. The zero-order valence-corrected chi connectivity index (χ0v) is 14.5. The van der Waals surface area contributed by atoms with Gasteiger partial charge >= 0.3 is 6.18 Å². The van der Waals surface area contributed by atoms with Crippen molar-refractivity contribution >= 4 is 11.6 Å². The summed E-state index contributed by atoms with van der Waals surface area (Å²) in [7, 11) is 0. The number of rotatable bonds is 7. The molecule has 6 heteroatoms. The van der Waals surface area contributed by atoms with Crippen LogP contribution in [0.4, 0.5) is 13.2 Å². The lowest BCUT2D eigenvalue weighted by Crippen LogP contribution is -2.45. The van der Waals surface area contributed by atoms with Crippen LogP contribution in [0.5, 0.6) is 0 Å². The van der Waals surface area contributed by atoms with Gasteiger partial charge in [-0.05, 0) is 43.0 Å². The molecule has 1 aromatic rings. The van der Waals surface area contributed by atoms with Crippen LogP contribution in [0, 0.1) is 0 Å². The summed E-state index contributed by atoms with van der Waals surface area (Å²) in [6.07, 6.45) is 1.20. The average Bonchev–Trinajstić information content (AvgIpc) is 2.54. The Labute approximate surface area is 146 Å². The summed E-state index contributed by atoms with van der Waals surface area (Å²) in [5.74, 6) is 0. The smallest absolute Gasteiger partial charge is 0.314 e. The van der Waals surface area contributed by atoms with E-state index in [9.17, 15) is 13.2 Å². The van der Waals surface area contributed by atoms with Crippen molar-refractivity contribution < 1.29 is 13.2 Å². The Kier molecular flexibility index (Phi) is 7.14. The Hall–Kier alpha value is -1.04. The third-order valence-corrected chi connectivity index (χ3v) is 4.58. The quantitative estimate of drug-likeness (QED) is 0.540. The molecule has 1 atom stereocenters. The summed E-state index contributed by atoms with van der Waals surface area (Å²) in [5.41, 5.74) is -0.00782. The molecule has 2 rings (SSSR count). The summed E-state index contributed by atoms with van der Waals surface area (Å²) in [5, 5.41) is 3.43. The highest BCUT2D eigenvalue weighted by atomic mass is 35.5. The number of hydrogen-bond acceptors (Lipinski definition) is 2. The molecule has 2 nitrogen and oxygen atoms in total. The lowest BCUT2D eigenvalue weighted by Gasteiger charge is -2.35. The van der Waals surface area contributed by atoms with E-state index in [1.165, 1.54) is 6.07 Å². The zero-order chi connectivity index (χ0) is 17.6. The van der Waals surface area contributed by atoms with E-state index in [0.717, 1.165) is 57.9 Å². The number of hydrogen-bond donors (Lipinski definition) is 1. The van der Waals surface area contributed by atoms with Crippen molar-refractivity contribution in [2.24, 2.45) is 0 Å². The first-order valence-corrected chi connectivity index (χ1v) is 8.73. The molecule has 0 bridgehead atoms. The van der Waals surface area contributed by atoms with Gasteiger partial charge in [0.05, 0.1) is 5.56 Å². The average molecular weight is 361 g/mol. The lowest BCUT2D eigenvalue weighted by molar-refractivity contribution is -0.137. The molecule has 0 spiro atoms. The van der Waals surface area contributed by atoms with E-state index in [-0.39, 0.29) is 11.1 Å². The fourth-order valence-corrected chi connectivity index (χ4v) is 3.39. The normalized spacial score (nSPS) is 17.7. The molecule has 1 saturated heterocycles. The molecule has 0 saturated carbocycles. The molecule has 1 aliphatic heterocycles. The maximum atomic E-state index is 13.1. The largest absolute Gasteiger partial charge is 0.416 e. The van der Waals surface area contributed by atoms with Gasteiger partial charge in [-0.2, -0.15) is 13.2 Å². The molecule has 24 heavy (non-hydrogen) atoms. The van der Waals surface area contributed by atoms with Gasteiger partial charge in [-0.25, -0.2) is 0 Å². The summed E-state index contributed by atoms with van der Waals surface area (Å²) in [4.78, 5) is 2.26. The monoisotopic (exact) mass is 360 g/mol. The molecule has 1 N–H and O–H groups in total. The highest BCUT2D eigenvalue weighted by Crippen LogP contribution is 2.36. The van der Waals surface area contributed by atoms with Crippen LogP contribution in [0.15, 0.2) is 30.9 Å². The van der Waals surface area contributed by atoms with E-state index < -0.39 is 11.7 Å². The Balaban J connectivity index is 2.24. The minimum atomic E-state index is -4.38. The number of unbranched alkanes of at least 4 members (excludes halogenated alkanes) is 2. The third-order valence-electron chi connectivity index (χ3n) is 4.36. The van der Waals surface area contributed by atoms with Crippen molar-refractivity contribution in [2.45, 2.75) is 37.9 Å². The SMILES string of the molecule is C=CCCCC[C@H](c1cc(Cl)cc(C(F)(F)F)c1)N1CCNCC1. The Morgan fingerprint density at radius 1 is 1.21 bits per heavy atom. The molecule has 1 fully saturated rings. The second-order valence-electron chi connectivity index (χ2n) is 6.15. The predicted molar refractivity (Wildman–Crippen MR) is 92.3 cm³/mol. The van der Waals surface area contributed by atoms with Gasteiger partial charge in [0, 0.05) is 37.2 Å². The van der Waals surface area contributed by atoms with E-state index >= 15 is 0 Å². The minimum absolute atomic E-state index is 0.0308. The molecule has 0 amide bonds. The van der Waals surface area contributed by atoms with Crippen LogP contribution >= 0.6 is 11.6 Å². The number of nitrogens with zero attached hydrogens (tertiary/aromatic N) is 1. The van der Waals surface area contributed by atoms with Gasteiger partial charge in [0.1, 0.15) is 0 Å². The lowest BCUT2D eigenvalue weighted by atomic mass is 9.96. The molecule has 0 aliphatic carbocycles. The maximum Gasteiger partial charge on any atom is 0.416 e. The number of nitrogens with one attached hydrogen (secondary N) is 1. The maximum absolute atomic E-state index is 13.1. The zero-order valence-electron chi connectivity index (χ0n) is 13.7. The van der Waals surface area contributed by atoms with Crippen molar-refractivity contribution in [1.82, 2.24) is 10.2 Å². The topological polar surface area (TPSA) is 15.3 Å².